The highest BCUT2D eigenvalue weighted by Crippen LogP contribution is 2.28. The first-order valence-corrected chi connectivity index (χ1v) is 14.4. The van der Waals surface area contributed by atoms with Gasteiger partial charge < -0.3 is 19.9 Å². The van der Waals surface area contributed by atoms with Gasteiger partial charge in [0.15, 0.2) is 0 Å². The molecule has 3 aromatic carbocycles. The number of anilines is 2. The number of amides is 2. The van der Waals surface area contributed by atoms with Gasteiger partial charge in [-0.2, -0.15) is 0 Å². The lowest BCUT2D eigenvalue weighted by Crippen LogP contribution is -2.42. The van der Waals surface area contributed by atoms with Gasteiger partial charge in [-0.15, -0.1) is 5.10 Å². The second-order valence-electron chi connectivity index (χ2n) is 10.2. The lowest BCUT2D eigenvalue weighted by molar-refractivity contribution is -0.140. The minimum Gasteiger partial charge on any atom is -0.378 e. The molecule has 218 valence electrons. The third kappa shape index (κ3) is 6.66. The molecule has 1 aliphatic rings. The average molecular weight is 596 g/mol. The van der Waals surface area contributed by atoms with E-state index in [0.717, 1.165) is 29.9 Å². The van der Waals surface area contributed by atoms with Crippen molar-refractivity contribution in [2.24, 2.45) is 0 Å². The van der Waals surface area contributed by atoms with E-state index in [2.05, 4.69) is 25.5 Å². The summed E-state index contributed by atoms with van der Waals surface area (Å²) in [4.78, 5) is 36.2. The lowest BCUT2D eigenvalue weighted by atomic mass is 10.0. The maximum Gasteiger partial charge on any atom is 0.251 e. The number of halogens is 1. The highest BCUT2D eigenvalue weighted by molar-refractivity contribution is 6.30. The van der Waals surface area contributed by atoms with Crippen molar-refractivity contribution in [2.45, 2.75) is 19.1 Å². The molecule has 1 aliphatic heterocycles. The van der Waals surface area contributed by atoms with Crippen molar-refractivity contribution in [2.75, 3.05) is 36.5 Å². The zero-order valence-corrected chi connectivity index (χ0v) is 24.1. The summed E-state index contributed by atoms with van der Waals surface area (Å²) in [5, 5.41) is 12.0. The van der Waals surface area contributed by atoms with E-state index in [1.54, 1.807) is 52.3 Å². The Bertz CT molecular complexity index is 1690. The number of nitrogens with one attached hydrogen (secondary N) is 1. The standard InChI is InChI=1S/C32H30ClN7O3/c33-25-9-7-24(8-10-25)31(32(42)35-26-11-13-27(14-12-26)38-16-18-43-19-17-38)39(21-23-4-3-15-34-20-23)30(41)22-40-29-6-2-1-5-28(29)36-37-40/h1-15,20,31H,16-19,21-22H2,(H,35,42)/t31-/m0/s1. The molecule has 43 heavy (non-hydrogen) atoms. The molecule has 3 heterocycles. The van der Waals surface area contributed by atoms with E-state index in [1.165, 1.54) is 0 Å². The van der Waals surface area contributed by atoms with E-state index in [9.17, 15) is 9.59 Å². The van der Waals surface area contributed by atoms with E-state index in [0.29, 0.717) is 35.0 Å². The quantitative estimate of drug-likeness (QED) is 0.263. The average Bonchev–Trinajstić information content (AvgIpc) is 3.45. The van der Waals surface area contributed by atoms with Crippen LogP contribution < -0.4 is 10.2 Å². The molecule has 0 radical (unpaired) electrons. The van der Waals surface area contributed by atoms with Crippen LogP contribution in [0.2, 0.25) is 5.02 Å². The van der Waals surface area contributed by atoms with Crippen LogP contribution in [-0.2, 0) is 27.4 Å². The third-order valence-electron chi connectivity index (χ3n) is 7.36. The van der Waals surface area contributed by atoms with Gasteiger partial charge in [0, 0.05) is 48.4 Å². The van der Waals surface area contributed by atoms with Gasteiger partial charge in [-0.3, -0.25) is 14.6 Å². The van der Waals surface area contributed by atoms with Crippen LogP contribution in [0.4, 0.5) is 11.4 Å². The SMILES string of the molecule is O=C(Nc1ccc(N2CCOCC2)cc1)[C@H](c1ccc(Cl)cc1)N(Cc1cccnc1)C(=O)Cn1nnc2ccccc21. The maximum atomic E-state index is 14.1. The third-order valence-corrected chi connectivity index (χ3v) is 7.61. The van der Waals surface area contributed by atoms with Crippen molar-refractivity contribution >= 4 is 45.8 Å². The molecular formula is C32H30ClN7O3. The van der Waals surface area contributed by atoms with Crippen molar-refractivity contribution in [3.63, 3.8) is 0 Å². The Labute approximate surface area is 253 Å². The largest absolute Gasteiger partial charge is 0.378 e. The summed E-state index contributed by atoms with van der Waals surface area (Å²) in [5.74, 6) is -0.667. The van der Waals surface area contributed by atoms with Gasteiger partial charge in [-0.05, 0) is 65.7 Å². The molecule has 0 unspecified atom stereocenters. The maximum absolute atomic E-state index is 14.1. The Morgan fingerprint density at radius 1 is 0.953 bits per heavy atom. The van der Waals surface area contributed by atoms with E-state index in [4.69, 9.17) is 16.3 Å². The number of carbonyl (C=O) groups excluding carboxylic acids is 2. The van der Waals surface area contributed by atoms with Gasteiger partial charge in [-0.1, -0.05) is 47.1 Å². The highest BCUT2D eigenvalue weighted by Gasteiger charge is 2.32. The lowest BCUT2D eigenvalue weighted by Gasteiger charge is -2.32. The molecule has 10 nitrogen and oxygen atoms in total. The van der Waals surface area contributed by atoms with Crippen LogP contribution in [0.25, 0.3) is 11.0 Å². The van der Waals surface area contributed by atoms with Gasteiger partial charge in [0.05, 0.1) is 18.7 Å². The van der Waals surface area contributed by atoms with Gasteiger partial charge in [-0.25, -0.2) is 4.68 Å². The number of nitrogens with zero attached hydrogens (tertiary/aromatic N) is 6. The molecule has 2 aromatic heterocycles. The Morgan fingerprint density at radius 2 is 1.72 bits per heavy atom. The van der Waals surface area contributed by atoms with Gasteiger partial charge in [0.25, 0.3) is 5.91 Å². The predicted molar refractivity (Wildman–Crippen MR) is 165 cm³/mol. The van der Waals surface area contributed by atoms with Crippen LogP contribution in [0, 0.1) is 0 Å². The fourth-order valence-electron chi connectivity index (χ4n) is 5.17. The van der Waals surface area contributed by atoms with Crippen LogP contribution in [-0.4, -0.2) is 63.0 Å². The number of hydrogen-bond acceptors (Lipinski definition) is 7. The summed E-state index contributed by atoms with van der Waals surface area (Å²) in [7, 11) is 0. The molecule has 0 aliphatic carbocycles. The van der Waals surface area contributed by atoms with Crippen LogP contribution in [0.3, 0.4) is 0 Å². The summed E-state index contributed by atoms with van der Waals surface area (Å²) < 4.78 is 7.01. The summed E-state index contributed by atoms with van der Waals surface area (Å²) in [6.45, 7) is 3.05. The Morgan fingerprint density at radius 3 is 2.47 bits per heavy atom. The molecule has 1 fully saturated rings. The number of rotatable bonds is 9. The predicted octanol–water partition coefficient (Wildman–Crippen LogP) is 4.73. The van der Waals surface area contributed by atoms with Crippen molar-refractivity contribution in [3.8, 4) is 0 Å². The number of pyridine rings is 1. The molecule has 1 saturated heterocycles. The van der Waals surface area contributed by atoms with Crippen LogP contribution in [0.5, 0.6) is 0 Å². The minimum absolute atomic E-state index is 0.105. The number of ether oxygens (including phenoxy) is 1. The van der Waals surface area contributed by atoms with Crippen molar-refractivity contribution in [1.82, 2.24) is 24.9 Å². The number of morpholine rings is 1. The van der Waals surface area contributed by atoms with Crippen LogP contribution in [0.15, 0.2) is 97.3 Å². The van der Waals surface area contributed by atoms with E-state index in [-0.39, 0.29) is 24.9 Å². The molecule has 0 spiro atoms. The van der Waals surface area contributed by atoms with Crippen LogP contribution >= 0.6 is 11.6 Å². The van der Waals surface area contributed by atoms with Crippen molar-refractivity contribution in [1.29, 1.82) is 0 Å². The van der Waals surface area contributed by atoms with Crippen LogP contribution in [0.1, 0.15) is 17.2 Å². The molecule has 0 bridgehead atoms. The Balaban J connectivity index is 1.32. The molecule has 1 N–H and O–H groups in total. The van der Waals surface area contributed by atoms with E-state index >= 15 is 0 Å². The van der Waals surface area contributed by atoms with E-state index < -0.39 is 6.04 Å². The molecule has 5 aromatic rings. The Kier molecular flexibility index (Phi) is 8.57. The first-order valence-electron chi connectivity index (χ1n) is 14.0. The summed E-state index contributed by atoms with van der Waals surface area (Å²) in [5.41, 5.74) is 4.49. The zero-order chi connectivity index (χ0) is 29.6. The monoisotopic (exact) mass is 595 g/mol. The summed E-state index contributed by atoms with van der Waals surface area (Å²) in [6, 6.07) is 24.8. The second-order valence-corrected chi connectivity index (χ2v) is 10.6. The van der Waals surface area contributed by atoms with Gasteiger partial charge in [0.2, 0.25) is 5.91 Å². The smallest absolute Gasteiger partial charge is 0.251 e. The number of para-hydroxylation sites is 1. The zero-order valence-electron chi connectivity index (χ0n) is 23.3. The highest BCUT2D eigenvalue weighted by atomic mass is 35.5. The number of hydrogen-bond donors (Lipinski definition) is 1. The molecule has 6 rings (SSSR count). The normalized spacial score (nSPS) is 13.9. The molecule has 1 atom stereocenters. The summed E-state index contributed by atoms with van der Waals surface area (Å²) >= 11 is 6.21. The topological polar surface area (TPSA) is 105 Å². The van der Waals surface area contributed by atoms with Gasteiger partial charge in [0.1, 0.15) is 18.1 Å². The summed E-state index contributed by atoms with van der Waals surface area (Å²) in [6.07, 6.45) is 3.35. The fourth-order valence-corrected chi connectivity index (χ4v) is 5.30. The van der Waals surface area contributed by atoms with E-state index in [1.807, 2.05) is 54.6 Å². The number of carbonyl (C=O) groups is 2. The molecular weight excluding hydrogens is 566 g/mol. The van der Waals surface area contributed by atoms with Gasteiger partial charge >= 0.3 is 0 Å². The number of aromatic nitrogens is 4. The molecule has 11 heteroatoms. The molecule has 2 amide bonds. The van der Waals surface area contributed by atoms with Crippen molar-refractivity contribution < 1.29 is 14.3 Å². The first kappa shape index (κ1) is 28.3. The first-order chi connectivity index (χ1) is 21.0. The second kappa shape index (κ2) is 13.0. The Hall–Kier alpha value is -4.80. The minimum atomic E-state index is -0.973. The number of benzene rings is 3. The fraction of sp³-hybridized carbons (Fsp3) is 0.219. The number of fused-ring (bicyclic) bond motifs is 1. The van der Waals surface area contributed by atoms with Crippen molar-refractivity contribution in [3.05, 3.63) is 113 Å². The molecule has 0 saturated carbocycles.